The van der Waals surface area contributed by atoms with Gasteiger partial charge < -0.3 is 5.11 Å². The van der Waals surface area contributed by atoms with E-state index in [2.05, 4.69) is 6.07 Å². The number of carboxylic acid groups (broad SMARTS) is 1. The van der Waals surface area contributed by atoms with Gasteiger partial charge in [-0.2, -0.15) is 5.26 Å². The van der Waals surface area contributed by atoms with Crippen molar-refractivity contribution in [2.75, 3.05) is 5.75 Å². The third kappa shape index (κ3) is 2.85. The third-order valence-electron chi connectivity index (χ3n) is 3.34. The van der Waals surface area contributed by atoms with Crippen LogP contribution in [0.1, 0.15) is 30.4 Å². The average Bonchev–Trinajstić information content (AvgIpc) is 3.06. The van der Waals surface area contributed by atoms with Crippen LogP contribution in [0.5, 0.6) is 0 Å². The second-order valence-electron chi connectivity index (χ2n) is 4.92. The molecule has 0 amide bonds. The largest absolute Gasteiger partial charge is 0.481 e. The molecule has 1 saturated carbocycles. The molecule has 0 atom stereocenters. The van der Waals surface area contributed by atoms with Gasteiger partial charge in [-0.3, -0.25) is 4.79 Å². The molecule has 0 saturated heterocycles. The third-order valence-corrected chi connectivity index (χ3v) is 4.93. The number of hydrogen-bond acceptors (Lipinski definition) is 3. The highest BCUT2D eigenvalue weighted by Crippen LogP contribution is 2.52. The van der Waals surface area contributed by atoms with Crippen molar-refractivity contribution in [3.63, 3.8) is 0 Å². The molecule has 1 N–H and O–H groups in total. The number of thioether (sulfide) groups is 1. The zero-order valence-electron chi connectivity index (χ0n) is 10.3. The van der Waals surface area contributed by atoms with E-state index in [-0.39, 0.29) is 11.8 Å². The maximum Gasteiger partial charge on any atom is 0.303 e. The van der Waals surface area contributed by atoms with Crippen LogP contribution in [0.3, 0.4) is 0 Å². The summed E-state index contributed by atoms with van der Waals surface area (Å²) in [6, 6.07) is 7.87. The molecule has 1 aliphatic carbocycles. The first-order valence-electron chi connectivity index (χ1n) is 5.91. The molecule has 2 rings (SSSR count). The molecule has 3 nitrogen and oxygen atoms in total. The monoisotopic (exact) mass is 261 g/mol. The fourth-order valence-electron chi connectivity index (χ4n) is 2.03. The summed E-state index contributed by atoms with van der Waals surface area (Å²) in [5.74, 6) is 0.0668. The summed E-state index contributed by atoms with van der Waals surface area (Å²) in [5, 5.41) is 18.0. The molecule has 0 spiro atoms. The van der Waals surface area contributed by atoms with E-state index in [1.165, 1.54) is 0 Å². The van der Waals surface area contributed by atoms with Crippen LogP contribution in [-0.2, 0) is 4.79 Å². The first kappa shape index (κ1) is 13.0. The van der Waals surface area contributed by atoms with Crippen molar-refractivity contribution in [1.82, 2.24) is 0 Å². The molecule has 0 radical (unpaired) electrons. The summed E-state index contributed by atoms with van der Waals surface area (Å²) < 4.78 is 0. The lowest BCUT2D eigenvalue weighted by Crippen LogP contribution is -2.11. The van der Waals surface area contributed by atoms with Crippen molar-refractivity contribution >= 4 is 17.7 Å². The summed E-state index contributed by atoms with van der Waals surface area (Å²) in [6.07, 6.45) is 2.22. The van der Waals surface area contributed by atoms with E-state index in [4.69, 9.17) is 10.4 Å². The molecular weight excluding hydrogens is 246 g/mol. The summed E-state index contributed by atoms with van der Waals surface area (Å²) in [6.45, 7) is 1.99. The predicted octanol–water partition coefficient (Wildman–Crippen LogP) is 3.21. The van der Waals surface area contributed by atoms with E-state index < -0.39 is 5.97 Å². The highest BCUT2D eigenvalue weighted by Gasteiger charge is 2.44. The summed E-state index contributed by atoms with van der Waals surface area (Å²) in [4.78, 5) is 11.8. The van der Waals surface area contributed by atoms with E-state index in [0.717, 1.165) is 29.1 Å². The minimum Gasteiger partial charge on any atom is -0.481 e. The Hall–Kier alpha value is -1.47. The molecule has 0 aromatic heterocycles. The quantitative estimate of drug-likeness (QED) is 0.827. The minimum absolute atomic E-state index is 0.0362. The van der Waals surface area contributed by atoms with Gasteiger partial charge in [0.15, 0.2) is 0 Å². The van der Waals surface area contributed by atoms with Crippen LogP contribution < -0.4 is 0 Å². The second kappa shape index (κ2) is 5.03. The van der Waals surface area contributed by atoms with Gasteiger partial charge in [0, 0.05) is 10.6 Å². The van der Waals surface area contributed by atoms with Gasteiger partial charge in [-0.05, 0) is 36.8 Å². The highest BCUT2D eigenvalue weighted by molar-refractivity contribution is 7.99. The van der Waals surface area contributed by atoms with Crippen LogP contribution in [0.4, 0.5) is 0 Å². The highest BCUT2D eigenvalue weighted by atomic mass is 32.2. The fraction of sp³-hybridized carbons (Fsp3) is 0.429. The van der Waals surface area contributed by atoms with Gasteiger partial charge in [-0.15, -0.1) is 11.8 Å². The van der Waals surface area contributed by atoms with Crippen molar-refractivity contribution in [3.8, 4) is 6.07 Å². The Morgan fingerprint density at radius 1 is 1.56 bits per heavy atom. The predicted molar refractivity (Wildman–Crippen MR) is 70.5 cm³/mol. The zero-order valence-corrected chi connectivity index (χ0v) is 11.1. The van der Waals surface area contributed by atoms with Crippen LogP contribution in [0.15, 0.2) is 23.1 Å². The average molecular weight is 261 g/mol. The van der Waals surface area contributed by atoms with Crippen LogP contribution in [0, 0.1) is 23.7 Å². The number of carboxylic acids is 1. The maximum atomic E-state index is 10.8. The molecule has 4 heteroatoms. The van der Waals surface area contributed by atoms with Crippen molar-refractivity contribution in [1.29, 1.82) is 5.26 Å². The number of nitriles is 1. The standard InChI is InChI=1S/C14H15NO2S/c1-10-3-2-4-11(8-15)13(10)18-9-14(5-6-14)7-12(16)17/h2-4H,5-7,9H2,1H3,(H,16,17). The Kier molecular flexibility index (Phi) is 3.63. The lowest BCUT2D eigenvalue weighted by Gasteiger charge is -2.13. The smallest absolute Gasteiger partial charge is 0.303 e. The van der Waals surface area contributed by atoms with Crippen LogP contribution in [0.2, 0.25) is 0 Å². The molecule has 18 heavy (non-hydrogen) atoms. The van der Waals surface area contributed by atoms with E-state index in [1.807, 2.05) is 25.1 Å². The number of aliphatic carboxylic acids is 1. The van der Waals surface area contributed by atoms with Crippen molar-refractivity contribution < 1.29 is 9.90 Å². The Labute approximate surface area is 111 Å². The summed E-state index contributed by atoms with van der Waals surface area (Å²) in [7, 11) is 0. The maximum absolute atomic E-state index is 10.8. The number of nitrogens with zero attached hydrogens (tertiary/aromatic N) is 1. The Bertz CT molecular complexity index is 515. The van der Waals surface area contributed by atoms with Crippen molar-refractivity contribution in [2.45, 2.75) is 31.1 Å². The topological polar surface area (TPSA) is 61.1 Å². The number of carbonyl (C=O) groups is 1. The lowest BCUT2D eigenvalue weighted by atomic mass is 10.1. The molecule has 1 aliphatic rings. The Balaban J connectivity index is 2.07. The van der Waals surface area contributed by atoms with Gasteiger partial charge in [-0.1, -0.05) is 12.1 Å². The molecule has 1 fully saturated rings. The number of rotatable bonds is 5. The molecule has 0 bridgehead atoms. The number of aryl methyl sites for hydroxylation is 1. The molecule has 1 aromatic rings. The van der Waals surface area contributed by atoms with Crippen molar-refractivity contribution in [2.24, 2.45) is 5.41 Å². The number of benzene rings is 1. The van der Waals surface area contributed by atoms with E-state index in [0.29, 0.717) is 5.56 Å². The molecule has 0 aliphatic heterocycles. The Morgan fingerprint density at radius 2 is 2.28 bits per heavy atom. The van der Waals surface area contributed by atoms with Gasteiger partial charge in [0.25, 0.3) is 0 Å². The zero-order chi connectivity index (χ0) is 13.2. The van der Waals surface area contributed by atoms with Gasteiger partial charge in [-0.25, -0.2) is 0 Å². The van der Waals surface area contributed by atoms with Crippen LogP contribution >= 0.6 is 11.8 Å². The fourth-order valence-corrected chi connectivity index (χ4v) is 3.43. The molecule has 0 unspecified atom stereocenters. The first-order valence-corrected chi connectivity index (χ1v) is 6.89. The normalized spacial score (nSPS) is 16.0. The van der Waals surface area contributed by atoms with Gasteiger partial charge in [0.1, 0.15) is 6.07 Å². The lowest BCUT2D eigenvalue weighted by molar-refractivity contribution is -0.138. The molecular formula is C14H15NO2S. The Morgan fingerprint density at radius 3 is 2.83 bits per heavy atom. The summed E-state index contributed by atoms with van der Waals surface area (Å²) >= 11 is 1.62. The second-order valence-corrected chi connectivity index (χ2v) is 5.91. The van der Waals surface area contributed by atoms with Gasteiger partial charge in [0.05, 0.1) is 12.0 Å². The number of hydrogen-bond donors (Lipinski definition) is 1. The van der Waals surface area contributed by atoms with Crippen LogP contribution in [0.25, 0.3) is 0 Å². The van der Waals surface area contributed by atoms with E-state index in [9.17, 15) is 4.79 Å². The van der Waals surface area contributed by atoms with E-state index >= 15 is 0 Å². The molecule has 0 heterocycles. The SMILES string of the molecule is Cc1cccc(C#N)c1SCC1(CC(=O)O)CC1. The summed E-state index contributed by atoms with van der Waals surface area (Å²) in [5.41, 5.74) is 1.74. The van der Waals surface area contributed by atoms with Crippen LogP contribution in [-0.4, -0.2) is 16.8 Å². The first-order chi connectivity index (χ1) is 8.56. The van der Waals surface area contributed by atoms with E-state index in [1.54, 1.807) is 11.8 Å². The van der Waals surface area contributed by atoms with Crippen molar-refractivity contribution in [3.05, 3.63) is 29.3 Å². The molecule has 1 aromatic carbocycles. The van der Waals surface area contributed by atoms with Gasteiger partial charge >= 0.3 is 5.97 Å². The van der Waals surface area contributed by atoms with Gasteiger partial charge in [0.2, 0.25) is 0 Å². The minimum atomic E-state index is -0.724. The molecule has 94 valence electrons.